The fourth-order valence-corrected chi connectivity index (χ4v) is 1.31. The van der Waals surface area contributed by atoms with E-state index in [1.807, 2.05) is 0 Å². The maximum Gasteiger partial charge on any atom is 0.312 e. The van der Waals surface area contributed by atoms with Crippen LogP contribution in [-0.4, -0.2) is 10.2 Å². The molecule has 0 atom stereocenters. The van der Waals surface area contributed by atoms with Crippen LogP contribution in [0.2, 0.25) is 0 Å². The Morgan fingerprint density at radius 2 is 2.00 bits per heavy atom. The zero-order chi connectivity index (χ0) is 10.7. The van der Waals surface area contributed by atoms with Crippen LogP contribution in [0.1, 0.15) is 11.5 Å². The van der Waals surface area contributed by atoms with Crippen LogP contribution in [0.25, 0.3) is 0 Å². The van der Waals surface area contributed by atoms with E-state index in [1.54, 1.807) is 18.2 Å². The van der Waals surface area contributed by atoms with Crippen molar-refractivity contribution in [3.63, 3.8) is 0 Å². The van der Waals surface area contributed by atoms with Crippen LogP contribution in [0.4, 0.5) is 10.4 Å². The third-order valence-electron chi connectivity index (χ3n) is 2.05. The van der Waals surface area contributed by atoms with E-state index < -0.39 is 0 Å². The summed E-state index contributed by atoms with van der Waals surface area (Å²) in [6, 6.07) is 6.65. The molecular weight excluding hydrogens is 197 g/mol. The monoisotopic (exact) mass is 207 g/mol. The van der Waals surface area contributed by atoms with Crippen LogP contribution < -0.4 is 5.73 Å². The van der Waals surface area contributed by atoms with Gasteiger partial charge in [0.15, 0.2) is 0 Å². The molecule has 4 nitrogen and oxygen atoms in total. The molecule has 0 amide bonds. The van der Waals surface area contributed by atoms with Gasteiger partial charge in [0.2, 0.25) is 5.89 Å². The predicted molar refractivity (Wildman–Crippen MR) is 52.5 cm³/mol. The lowest BCUT2D eigenvalue weighted by atomic mass is 10.1. The molecule has 2 rings (SSSR count). The lowest BCUT2D eigenvalue weighted by molar-refractivity contribution is 0.505. The Bertz CT molecular complexity index is 455. The van der Waals surface area contributed by atoms with Crippen molar-refractivity contribution in [1.82, 2.24) is 10.2 Å². The highest BCUT2D eigenvalue weighted by Gasteiger charge is 2.05. The van der Waals surface area contributed by atoms with Gasteiger partial charge in [-0.05, 0) is 18.1 Å². The quantitative estimate of drug-likeness (QED) is 0.829. The molecule has 15 heavy (non-hydrogen) atoms. The minimum absolute atomic E-state index is 0.0403. The van der Waals surface area contributed by atoms with Crippen LogP contribution in [0.5, 0.6) is 0 Å². The van der Waals surface area contributed by atoms with Gasteiger partial charge in [-0.2, -0.15) is 0 Å². The number of halogens is 1. The van der Waals surface area contributed by atoms with Crippen molar-refractivity contribution in [3.05, 3.63) is 41.5 Å². The van der Waals surface area contributed by atoms with Crippen LogP contribution in [-0.2, 0) is 12.8 Å². The zero-order valence-corrected chi connectivity index (χ0v) is 7.98. The molecule has 0 aliphatic carbocycles. The highest BCUT2D eigenvalue weighted by molar-refractivity contribution is 5.18. The standard InChI is InChI=1S/C10H10FN3O/c11-8-4-2-1-3-7(8)5-6-9-13-14-10(12)15-9/h1-4H,5-6H2,(H2,12,14). The fraction of sp³-hybridized carbons (Fsp3) is 0.200. The first kappa shape index (κ1) is 9.64. The topological polar surface area (TPSA) is 64.9 Å². The van der Waals surface area contributed by atoms with E-state index in [-0.39, 0.29) is 11.8 Å². The van der Waals surface area contributed by atoms with E-state index in [2.05, 4.69) is 10.2 Å². The van der Waals surface area contributed by atoms with E-state index in [0.717, 1.165) is 0 Å². The molecule has 2 aromatic rings. The molecule has 2 N–H and O–H groups in total. The number of nitrogen functional groups attached to an aromatic ring is 1. The number of hydrogen-bond acceptors (Lipinski definition) is 4. The van der Waals surface area contributed by atoms with Crippen molar-refractivity contribution < 1.29 is 8.81 Å². The molecule has 0 spiro atoms. The number of aryl methyl sites for hydroxylation is 2. The fourth-order valence-electron chi connectivity index (χ4n) is 1.31. The van der Waals surface area contributed by atoms with Crippen LogP contribution in [0, 0.1) is 5.82 Å². The first-order chi connectivity index (χ1) is 7.25. The summed E-state index contributed by atoms with van der Waals surface area (Å²) in [7, 11) is 0. The molecule has 5 heteroatoms. The Morgan fingerprint density at radius 3 is 2.67 bits per heavy atom. The Kier molecular flexibility index (Phi) is 2.62. The Morgan fingerprint density at radius 1 is 1.20 bits per heavy atom. The highest BCUT2D eigenvalue weighted by Crippen LogP contribution is 2.10. The van der Waals surface area contributed by atoms with E-state index in [0.29, 0.717) is 24.3 Å². The second kappa shape index (κ2) is 4.08. The van der Waals surface area contributed by atoms with E-state index in [4.69, 9.17) is 10.2 Å². The molecule has 0 fully saturated rings. The van der Waals surface area contributed by atoms with E-state index in [1.165, 1.54) is 6.07 Å². The summed E-state index contributed by atoms with van der Waals surface area (Å²) in [6.45, 7) is 0. The molecule has 0 saturated heterocycles. The number of nitrogens with two attached hydrogens (primary N) is 1. The highest BCUT2D eigenvalue weighted by atomic mass is 19.1. The molecule has 0 saturated carbocycles. The van der Waals surface area contributed by atoms with Gasteiger partial charge >= 0.3 is 6.01 Å². The van der Waals surface area contributed by atoms with Gasteiger partial charge in [-0.15, -0.1) is 5.10 Å². The average Bonchev–Trinajstić information content (AvgIpc) is 2.63. The Balaban J connectivity index is 2.02. The summed E-state index contributed by atoms with van der Waals surface area (Å²) < 4.78 is 18.2. The molecule has 1 aromatic heterocycles. The van der Waals surface area contributed by atoms with Crippen molar-refractivity contribution in [1.29, 1.82) is 0 Å². The van der Waals surface area contributed by atoms with Gasteiger partial charge < -0.3 is 10.2 Å². The summed E-state index contributed by atoms with van der Waals surface area (Å²) in [5, 5.41) is 7.22. The third kappa shape index (κ3) is 2.31. The number of benzene rings is 1. The summed E-state index contributed by atoms with van der Waals surface area (Å²) in [5.41, 5.74) is 5.90. The van der Waals surface area contributed by atoms with Crippen molar-refractivity contribution in [3.8, 4) is 0 Å². The summed E-state index contributed by atoms with van der Waals surface area (Å²) in [6.07, 6.45) is 1.01. The Labute approximate surface area is 85.9 Å². The minimum Gasteiger partial charge on any atom is -0.408 e. The van der Waals surface area contributed by atoms with Crippen LogP contribution >= 0.6 is 0 Å². The first-order valence-electron chi connectivity index (χ1n) is 4.57. The van der Waals surface area contributed by atoms with Gasteiger partial charge in [0.05, 0.1) is 0 Å². The van der Waals surface area contributed by atoms with Crippen molar-refractivity contribution in [2.24, 2.45) is 0 Å². The summed E-state index contributed by atoms with van der Waals surface area (Å²) in [4.78, 5) is 0. The van der Waals surface area contributed by atoms with Crippen LogP contribution in [0.3, 0.4) is 0 Å². The second-order valence-corrected chi connectivity index (χ2v) is 3.13. The van der Waals surface area contributed by atoms with Gasteiger partial charge in [0.1, 0.15) is 5.82 Å². The lowest BCUT2D eigenvalue weighted by Crippen LogP contribution is -1.94. The number of aromatic nitrogens is 2. The van der Waals surface area contributed by atoms with Gasteiger partial charge in [-0.1, -0.05) is 23.3 Å². The number of hydrogen-bond donors (Lipinski definition) is 1. The number of anilines is 1. The average molecular weight is 207 g/mol. The zero-order valence-electron chi connectivity index (χ0n) is 7.98. The maximum atomic E-state index is 13.2. The van der Waals surface area contributed by atoms with Gasteiger partial charge in [-0.25, -0.2) is 4.39 Å². The Hall–Kier alpha value is -1.91. The minimum atomic E-state index is -0.218. The van der Waals surface area contributed by atoms with Crippen molar-refractivity contribution >= 4 is 6.01 Å². The van der Waals surface area contributed by atoms with Gasteiger partial charge in [-0.3, -0.25) is 0 Å². The normalized spacial score (nSPS) is 10.5. The molecule has 1 heterocycles. The molecular formula is C10H10FN3O. The van der Waals surface area contributed by atoms with Crippen molar-refractivity contribution in [2.75, 3.05) is 5.73 Å². The molecule has 0 unspecified atom stereocenters. The second-order valence-electron chi connectivity index (χ2n) is 3.13. The summed E-state index contributed by atoms with van der Waals surface area (Å²) >= 11 is 0. The molecule has 0 aliphatic rings. The molecule has 0 radical (unpaired) electrons. The molecule has 0 bridgehead atoms. The van der Waals surface area contributed by atoms with Crippen LogP contribution in [0.15, 0.2) is 28.7 Å². The first-order valence-corrected chi connectivity index (χ1v) is 4.57. The smallest absolute Gasteiger partial charge is 0.312 e. The summed E-state index contributed by atoms with van der Waals surface area (Å²) in [5.74, 6) is 0.209. The molecule has 78 valence electrons. The lowest BCUT2D eigenvalue weighted by Gasteiger charge is -1.99. The molecule has 0 aliphatic heterocycles. The molecule has 1 aromatic carbocycles. The third-order valence-corrected chi connectivity index (χ3v) is 2.05. The van der Waals surface area contributed by atoms with Gasteiger partial charge in [0, 0.05) is 6.42 Å². The van der Waals surface area contributed by atoms with E-state index >= 15 is 0 Å². The maximum absolute atomic E-state index is 13.2. The van der Waals surface area contributed by atoms with E-state index in [9.17, 15) is 4.39 Å². The largest absolute Gasteiger partial charge is 0.408 e. The number of nitrogens with zero attached hydrogens (tertiary/aromatic N) is 2. The predicted octanol–water partition coefficient (Wildman–Crippen LogP) is 1.58. The SMILES string of the molecule is Nc1nnc(CCc2ccccc2F)o1. The van der Waals surface area contributed by atoms with Gasteiger partial charge in [0.25, 0.3) is 0 Å². The van der Waals surface area contributed by atoms with Crippen molar-refractivity contribution in [2.45, 2.75) is 12.8 Å². The number of rotatable bonds is 3.